The highest BCUT2D eigenvalue weighted by atomic mass is 19.1. The number of halogens is 2. The predicted octanol–water partition coefficient (Wildman–Crippen LogP) is 3.46. The number of hydrogen-bond donors (Lipinski definition) is 2. The Morgan fingerprint density at radius 1 is 1.08 bits per heavy atom. The molecule has 3 aromatic heterocycles. The average Bonchev–Trinajstić information content (AvgIpc) is 3.21. The van der Waals surface area contributed by atoms with E-state index >= 15 is 0 Å². The summed E-state index contributed by atoms with van der Waals surface area (Å²) < 4.78 is 27.6. The monoisotopic (exact) mass is 324 g/mol. The lowest BCUT2D eigenvalue weighted by Gasteiger charge is -2.01. The number of nitrogens with zero attached hydrogens (tertiary/aromatic N) is 2. The van der Waals surface area contributed by atoms with Gasteiger partial charge in [0.15, 0.2) is 11.4 Å². The normalized spacial score (nSPS) is 11.1. The van der Waals surface area contributed by atoms with E-state index in [1.54, 1.807) is 12.3 Å². The van der Waals surface area contributed by atoms with Crippen molar-refractivity contribution in [1.29, 1.82) is 0 Å². The highest BCUT2D eigenvalue weighted by Gasteiger charge is 2.20. The summed E-state index contributed by atoms with van der Waals surface area (Å²) in [6.45, 7) is 0. The quantitative estimate of drug-likeness (QED) is 0.567. The van der Waals surface area contributed by atoms with Crippen LogP contribution in [0.5, 0.6) is 0 Å². The van der Waals surface area contributed by atoms with E-state index in [1.165, 1.54) is 18.3 Å². The van der Waals surface area contributed by atoms with Crippen LogP contribution >= 0.6 is 0 Å². The molecule has 4 aromatic rings. The second-order valence-electron chi connectivity index (χ2n) is 5.20. The first-order chi connectivity index (χ1) is 11.6. The molecule has 7 heteroatoms. The van der Waals surface area contributed by atoms with Crippen LogP contribution in [0.15, 0.2) is 48.8 Å². The van der Waals surface area contributed by atoms with E-state index in [0.717, 1.165) is 17.5 Å². The Morgan fingerprint density at radius 2 is 1.88 bits per heavy atom. The van der Waals surface area contributed by atoms with Gasteiger partial charge in [-0.3, -0.25) is 9.89 Å². The molecule has 0 fully saturated rings. The molecule has 2 N–H and O–H groups in total. The minimum Gasteiger partial charge on any atom is -0.359 e. The third kappa shape index (κ3) is 2.18. The summed E-state index contributed by atoms with van der Waals surface area (Å²) in [4.78, 5) is 19.4. The Morgan fingerprint density at radius 3 is 2.67 bits per heavy atom. The number of carbonyl (C=O) groups is 1. The molecule has 24 heavy (non-hydrogen) atoms. The molecule has 118 valence electrons. The van der Waals surface area contributed by atoms with Gasteiger partial charge in [0, 0.05) is 23.3 Å². The lowest BCUT2D eigenvalue weighted by molar-refractivity contribution is 0.103. The van der Waals surface area contributed by atoms with Crippen LogP contribution < -0.4 is 0 Å². The highest BCUT2D eigenvalue weighted by Crippen LogP contribution is 2.26. The van der Waals surface area contributed by atoms with Gasteiger partial charge >= 0.3 is 0 Å². The Hall–Kier alpha value is -3.35. The highest BCUT2D eigenvalue weighted by molar-refractivity contribution is 6.10. The molecule has 4 rings (SSSR count). The minimum absolute atomic E-state index is 0.153. The first-order valence-electron chi connectivity index (χ1n) is 7.12. The standard InChI is InChI=1S/C17H10F2N4O/c18-11-4-1-5-12(19)14(11)16(24)9-7-13(21-8-9)15-10-3-2-6-20-17(10)23-22-15/h1-8,21H,(H,20,22,23). The number of carbonyl (C=O) groups excluding carboxylic acids is 1. The summed E-state index contributed by atoms with van der Waals surface area (Å²) in [6, 6.07) is 8.45. The van der Waals surface area contributed by atoms with Gasteiger partial charge in [-0.1, -0.05) is 6.07 Å². The Labute approximate surface area is 134 Å². The van der Waals surface area contributed by atoms with Crippen molar-refractivity contribution < 1.29 is 13.6 Å². The molecule has 0 aliphatic heterocycles. The summed E-state index contributed by atoms with van der Waals surface area (Å²) in [5.41, 5.74) is 1.34. The number of hydrogen-bond acceptors (Lipinski definition) is 3. The zero-order valence-corrected chi connectivity index (χ0v) is 12.2. The summed E-state index contributed by atoms with van der Waals surface area (Å²) in [6.07, 6.45) is 3.03. The van der Waals surface area contributed by atoms with Gasteiger partial charge in [0.1, 0.15) is 11.6 Å². The largest absolute Gasteiger partial charge is 0.359 e. The van der Waals surface area contributed by atoms with Crippen molar-refractivity contribution in [2.45, 2.75) is 0 Å². The topological polar surface area (TPSA) is 74.4 Å². The number of pyridine rings is 1. The zero-order chi connectivity index (χ0) is 16.7. The Bertz CT molecular complexity index is 1050. The maximum Gasteiger partial charge on any atom is 0.200 e. The summed E-state index contributed by atoms with van der Waals surface area (Å²) in [5, 5.41) is 7.69. The molecule has 5 nitrogen and oxygen atoms in total. The van der Waals surface area contributed by atoms with Crippen molar-refractivity contribution >= 4 is 16.8 Å². The van der Waals surface area contributed by atoms with E-state index in [1.807, 2.05) is 6.07 Å². The van der Waals surface area contributed by atoms with Crippen molar-refractivity contribution in [1.82, 2.24) is 20.2 Å². The smallest absolute Gasteiger partial charge is 0.200 e. The second-order valence-corrected chi connectivity index (χ2v) is 5.20. The molecule has 0 radical (unpaired) electrons. The molecule has 1 aromatic carbocycles. The van der Waals surface area contributed by atoms with Crippen molar-refractivity contribution in [3.63, 3.8) is 0 Å². The minimum atomic E-state index is -0.890. The van der Waals surface area contributed by atoms with Gasteiger partial charge in [0.05, 0.1) is 17.0 Å². The van der Waals surface area contributed by atoms with E-state index in [0.29, 0.717) is 17.0 Å². The van der Waals surface area contributed by atoms with Gasteiger partial charge in [0.2, 0.25) is 0 Å². The average molecular weight is 324 g/mol. The van der Waals surface area contributed by atoms with Crippen LogP contribution in [-0.4, -0.2) is 25.9 Å². The fraction of sp³-hybridized carbons (Fsp3) is 0. The number of aromatic amines is 2. The first kappa shape index (κ1) is 14.3. The molecule has 0 saturated carbocycles. The fourth-order valence-electron chi connectivity index (χ4n) is 2.58. The number of fused-ring (bicyclic) bond motifs is 1. The maximum absolute atomic E-state index is 13.8. The molecule has 3 heterocycles. The van der Waals surface area contributed by atoms with Crippen LogP contribution in [0.1, 0.15) is 15.9 Å². The number of ketones is 1. The van der Waals surface area contributed by atoms with E-state index in [4.69, 9.17) is 0 Å². The van der Waals surface area contributed by atoms with Crippen molar-refractivity contribution in [2.75, 3.05) is 0 Å². The van der Waals surface area contributed by atoms with Crippen LogP contribution in [0.4, 0.5) is 8.78 Å². The first-order valence-corrected chi connectivity index (χ1v) is 7.12. The molecule has 0 atom stereocenters. The van der Waals surface area contributed by atoms with Gasteiger partial charge in [-0.25, -0.2) is 13.8 Å². The number of benzene rings is 1. The molecular formula is C17H10F2N4O. The van der Waals surface area contributed by atoms with Crippen molar-refractivity contribution in [2.24, 2.45) is 0 Å². The van der Waals surface area contributed by atoms with Crippen LogP contribution in [0.25, 0.3) is 22.4 Å². The molecule has 0 aliphatic rings. The van der Waals surface area contributed by atoms with Gasteiger partial charge < -0.3 is 4.98 Å². The van der Waals surface area contributed by atoms with Crippen molar-refractivity contribution in [3.8, 4) is 11.4 Å². The predicted molar refractivity (Wildman–Crippen MR) is 83.5 cm³/mol. The lowest BCUT2D eigenvalue weighted by atomic mass is 10.0. The number of rotatable bonds is 3. The van der Waals surface area contributed by atoms with E-state index in [2.05, 4.69) is 20.2 Å². The van der Waals surface area contributed by atoms with Crippen LogP contribution in [-0.2, 0) is 0 Å². The molecule has 0 aliphatic carbocycles. The third-order valence-electron chi connectivity index (χ3n) is 3.73. The summed E-state index contributed by atoms with van der Waals surface area (Å²) in [5.74, 6) is -2.51. The Kier molecular flexibility index (Phi) is 3.19. The van der Waals surface area contributed by atoms with Crippen LogP contribution in [0.2, 0.25) is 0 Å². The van der Waals surface area contributed by atoms with Gasteiger partial charge in [-0.15, -0.1) is 0 Å². The van der Waals surface area contributed by atoms with E-state index in [-0.39, 0.29) is 5.56 Å². The second kappa shape index (κ2) is 5.38. The molecule has 0 bridgehead atoms. The molecule has 0 unspecified atom stereocenters. The molecule has 0 amide bonds. The van der Waals surface area contributed by atoms with E-state index < -0.39 is 23.0 Å². The maximum atomic E-state index is 13.8. The number of H-pyrrole nitrogens is 2. The summed E-state index contributed by atoms with van der Waals surface area (Å²) >= 11 is 0. The number of aromatic nitrogens is 4. The van der Waals surface area contributed by atoms with Crippen LogP contribution in [0, 0.1) is 11.6 Å². The van der Waals surface area contributed by atoms with Gasteiger partial charge in [0.25, 0.3) is 0 Å². The zero-order valence-electron chi connectivity index (χ0n) is 12.2. The molecule has 0 saturated heterocycles. The SMILES string of the molecule is O=C(c1c[nH]c(-c2[nH]nc3ncccc23)c1)c1c(F)cccc1F. The summed E-state index contributed by atoms with van der Waals surface area (Å²) in [7, 11) is 0. The van der Waals surface area contributed by atoms with Crippen molar-refractivity contribution in [3.05, 3.63) is 71.6 Å². The third-order valence-corrected chi connectivity index (χ3v) is 3.73. The Balaban J connectivity index is 1.77. The van der Waals surface area contributed by atoms with E-state index in [9.17, 15) is 13.6 Å². The molecular weight excluding hydrogens is 314 g/mol. The fourth-order valence-corrected chi connectivity index (χ4v) is 2.58. The number of nitrogens with one attached hydrogen (secondary N) is 2. The van der Waals surface area contributed by atoms with Crippen LogP contribution in [0.3, 0.4) is 0 Å². The van der Waals surface area contributed by atoms with Gasteiger partial charge in [-0.05, 0) is 30.3 Å². The van der Waals surface area contributed by atoms with Gasteiger partial charge in [-0.2, -0.15) is 5.10 Å². The molecule has 0 spiro atoms. The lowest BCUT2D eigenvalue weighted by Crippen LogP contribution is -2.06.